The maximum absolute atomic E-state index is 12.3. The summed E-state index contributed by atoms with van der Waals surface area (Å²) in [6.07, 6.45) is 3.46. The molecule has 0 fully saturated rings. The van der Waals surface area contributed by atoms with Crippen molar-refractivity contribution in [1.29, 1.82) is 0 Å². The zero-order valence-electron chi connectivity index (χ0n) is 11.7. The molecule has 7 heteroatoms. The summed E-state index contributed by atoms with van der Waals surface area (Å²) in [5.41, 5.74) is 2.05. The van der Waals surface area contributed by atoms with Crippen LogP contribution in [-0.2, 0) is 27.2 Å². The Morgan fingerprint density at radius 1 is 1.45 bits per heavy atom. The lowest BCUT2D eigenvalue weighted by Gasteiger charge is -2.19. The Morgan fingerprint density at radius 3 is 2.90 bits per heavy atom. The molecule has 0 aromatic heterocycles. The molecule has 1 aliphatic heterocycles. The predicted octanol–water partition coefficient (Wildman–Crippen LogP) is 1.09. The maximum Gasteiger partial charge on any atom is 0.240 e. The lowest BCUT2D eigenvalue weighted by molar-refractivity contribution is 0.570. The number of anilines is 1. The van der Waals surface area contributed by atoms with Gasteiger partial charge in [0.2, 0.25) is 10.0 Å². The highest BCUT2D eigenvalue weighted by atomic mass is 32.2. The van der Waals surface area contributed by atoms with Gasteiger partial charge in [0.25, 0.3) is 0 Å². The van der Waals surface area contributed by atoms with Crippen LogP contribution in [0.15, 0.2) is 23.1 Å². The number of hydrogen-bond donors (Lipinski definition) is 2. The van der Waals surface area contributed by atoms with Gasteiger partial charge in [0.1, 0.15) is 0 Å². The second-order valence-electron chi connectivity index (χ2n) is 5.11. The number of aryl methyl sites for hydroxylation is 1. The third-order valence-electron chi connectivity index (χ3n) is 3.17. The molecule has 1 heterocycles. The largest absolute Gasteiger partial charge is 0.385 e. The van der Waals surface area contributed by atoms with Crippen molar-refractivity contribution in [2.24, 2.45) is 0 Å². The molecular formula is C13H20N2O3S2. The van der Waals surface area contributed by atoms with Crippen LogP contribution in [0.5, 0.6) is 0 Å². The van der Waals surface area contributed by atoms with Crippen molar-refractivity contribution in [2.45, 2.75) is 30.7 Å². The molecule has 0 spiro atoms. The van der Waals surface area contributed by atoms with Gasteiger partial charge in [-0.05, 0) is 43.5 Å². The van der Waals surface area contributed by atoms with Crippen LogP contribution in [0.4, 0.5) is 5.69 Å². The van der Waals surface area contributed by atoms with Crippen molar-refractivity contribution in [3.05, 3.63) is 23.8 Å². The van der Waals surface area contributed by atoms with Crippen LogP contribution in [0, 0.1) is 0 Å². The van der Waals surface area contributed by atoms with Gasteiger partial charge < -0.3 is 5.32 Å². The number of benzene rings is 1. The molecule has 1 aromatic carbocycles. The third kappa shape index (κ3) is 3.80. The number of nitrogens with one attached hydrogen (secondary N) is 2. The van der Waals surface area contributed by atoms with Crippen molar-refractivity contribution >= 4 is 26.5 Å². The number of rotatable bonds is 5. The van der Waals surface area contributed by atoms with Gasteiger partial charge >= 0.3 is 0 Å². The molecule has 0 aliphatic carbocycles. The van der Waals surface area contributed by atoms with E-state index in [9.17, 15) is 12.6 Å². The Labute approximate surface area is 122 Å². The van der Waals surface area contributed by atoms with Crippen LogP contribution in [0.1, 0.15) is 18.9 Å². The van der Waals surface area contributed by atoms with Gasteiger partial charge in [-0.1, -0.05) is 0 Å². The summed E-state index contributed by atoms with van der Waals surface area (Å²) in [7, 11) is -4.58. The minimum atomic E-state index is -3.55. The van der Waals surface area contributed by atoms with E-state index in [-0.39, 0.29) is 10.9 Å². The van der Waals surface area contributed by atoms with Crippen LogP contribution in [-0.4, -0.2) is 37.2 Å². The van der Waals surface area contributed by atoms with E-state index in [1.54, 1.807) is 25.3 Å². The zero-order valence-corrected chi connectivity index (χ0v) is 13.3. The summed E-state index contributed by atoms with van der Waals surface area (Å²) in [6.45, 7) is 2.65. The Kier molecular flexibility index (Phi) is 4.82. The Bertz CT molecular complexity index is 614. The maximum atomic E-state index is 12.3. The molecule has 1 aliphatic rings. The first kappa shape index (κ1) is 15.5. The SMILES string of the molecule is CC(CS(C)=O)NS(=O)(=O)c1ccc2c(c1)CCCN2. The van der Waals surface area contributed by atoms with Gasteiger partial charge in [-0.15, -0.1) is 0 Å². The van der Waals surface area contributed by atoms with E-state index in [2.05, 4.69) is 10.0 Å². The van der Waals surface area contributed by atoms with Crippen molar-refractivity contribution in [1.82, 2.24) is 4.72 Å². The van der Waals surface area contributed by atoms with Gasteiger partial charge in [-0.3, -0.25) is 4.21 Å². The first-order chi connectivity index (χ1) is 9.38. The van der Waals surface area contributed by atoms with E-state index in [4.69, 9.17) is 0 Å². The van der Waals surface area contributed by atoms with Gasteiger partial charge in [0, 0.05) is 41.1 Å². The highest BCUT2D eigenvalue weighted by molar-refractivity contribution is 7.89. The third-order valence-corrected chi connectivity index (χ3v) is 5.72. The molecule has 2 unspecified atom stereocenters. The lowest BCUT2D eigenvalue weighted by Crippen LogP contribution is -2.36. The summed E-state index contributed by atoms with van der Waals surface area (Å²) in [6, 6.07) is 4.79. The Balaban J connectivity index is 2.19. The first-order valence-electron chi connectivity index (χ1n) is 6.57. The lowest BCUT2D eigenvalue weighted by atomic mass is 10.0. The summed E-state index contributed by atoms with van der Waals surface area (Å²) in [5.74, 6) is 0.311. The average molecular weight is 316 g/mol. The molecule has 0 saturated heterocycles. The van der Waals surface area contributed by atoms with Crippen molar-refractivity contribution in [3.63, 3.8) is 0 Å². The number of fused-ring (bicyclic) bond motifs is 1. The molecule has 1 aromatic rings. The monoisotopic (exact) mass is 316 g/mol. The van der Waals surface area contributed by atoms with E-state index < -0.39 is 20.8 Å². The van der Waals surface area contributed by atoms with Crippen LogP contribution in [0.25, 0.3) is 0 Å². The summed E-state index contributed by atoms with van der Waals surface area (Å²) in [5, 5.41) is 3.25. The highest BCUT2D eigenvalue weighted by Crippen LogP contribution is 2.24. The minimum Gasteiger partial charge on any atom is -0.385 e. The minimum absolute atomic E-state index is 0.272. The van der Waals surface area contributed by atoms with Crippen LogP contribution >= 0.6 is 0 Å². The quantitative estimate of drug-likeness (QED) is 0.853. The second kappa shape index (κ2) is 6.24. The number of sulfonamides is 1. The Morgan fingerprint density at radius 2 is 2.20 bits per heavy atom. The van der Waals surface area contributed by atoms with Crippen molar-refractivity contribution in [3.8, 4) is 0 Å². The highest BCUT2D eigenvalue weighted by Gasteiger charge is 2.20. The van der Waals surface area contributed by atoms with E-state index in [1.165, 1.54) is 0 Å². The average Bonchev–Trinajstić information content (AvgIpc) is 2.36. The molecule has 2 atom stereocenters. The zero-order chi connectivity index (χ0) is 14.8. The summed E-state index contributed by atoms with van der Waals surface area (Å²) < 4.78 is 38.3. The normalized spacial score (nSPS) is 17.9. The molecule has 20 heavy (non-hydrogen) atoms. The van der Waals surface area contributed by atoms with E-state index in [1.807, 2.05) is 6.07 Å². The first-order valence-corrected chi connectivity index (χ1v) is 9.78. The molecule has 0 radical (unpaired) electrons. The predicted molar refractivity (Wildman–Crippen MR) is 82.0 cm³/mol. The van der Waals surface area contributed by atoms with Crippen LogP contribution in [0.3, 0.4) is 0 Å². The van der Waals surface area contributed by atoms with Crippen LogP contribution < -0.4 is 10.0 Å². The van der Waals surface area contributed by atoms with E-state index in [0.29, 0.717) is 5.75 Å². The summed E-state index contributed by atoms with van der Waals surface area (Å²) >= 11 is 0. The van der Waals surface area contributed by atoms with Gasteiger partial charge in [-0.2, -0.15) is 0 Å². The van der Waals surface area contributed by atoms with Gasteiger partial charge in [0.15, 0.2) is 0 Å². The van der Waals surface area contributed by atoms with Crippen LogP contribution in [0.2, 0.25) is 0 Å². The molecule has 0 bridgehead atoms. The van der Waals surface area contributed by atoms with Gasteiger partial charge in [0.05, 0.1) is 4.90 Å². The fraction of sp³-hybridized carbons (Fsp3) is 0.538. The topological polar surface area (TPSA) is 75.3 Å². The number of hydrogen-bond acceptors (Lipinski definition) is 4. The van der Waals surface area contributed by atoms with E-state index in [0.717, 1.165) is 30.6 Å². The fourth-order valence-electron chi connectivity index (χ4n) is 2.34. The molecule has 5 nitrogen and oxygen atoms in total. The summed E-state index contributed by atoms with van der Waals surface area (Å²) in [4.78, 5) is 0.272. The molecule has 2 rings (SSSR count). The van der Waals surface area contributed by atoms with Crippen molar-refractivity contribution in [2.75, 3.05) is 23.9 Å². The standard InChI is InChI=1S/C13H20N2O3S2/c1-10(9-19(2)16)15-20(17,18)12-5-6-13-11(8-12)4-3-7-14-13/h5-6,8,10,14-15H,3-4,7,9H2,1-2H3. The second-order valence-corrected chi connectivity index (χ2v) is 8.31. The Hall–Kier alpha value is -0.920. The smallest absolute Gasteiger partial charge is 0.240 e. The molecule has 2 N–H and O–H groups in total. The fourth-order valence-corrected chi connectivity index (χ4v) is 4.52. The molecule has 0 saturated carbocycles. The molecular weight excluding hydrogens is 296 g/mol. The molecule has 0 amide bonds. The van der Waals surface area contributed by atoms with Gasteiger partial charge in [-0.25, -0.2) is 13.1 Å². The van der Waals surface area contributed by atoms with Crippen molar-refractivity contribution < 1.29 is 12.6 Å². The van der Waals surface area contributed by atoms with E-state index >= 15 is 0 Å². The molecule has 112 valence electrons.